The molecular formula is C20H22ClNOS2. The van der Waals surface area contributed by atoms with Gasteiger partial charge in [0.2, 0.25) is 0 Å². The molecule has 0 spiro atoms. The number of carbonyl (C=O) groups is 1. The zero-order valence-corrected chi connectivity index (χ0v) is 16.9. The van der Waals surface area contributed by atoms with Gasteiger partial charge in [-0.15, -0.1) is 11.3 Å². The fourth-order valence-electron chi connectivity index (χ4n) is 3.06. The summed E-state index contributed by atoms with van der Waals surface area (Å²) in [6.07, 6.45) is 4.05. The summed E-state index contributed by atoms with van der Waals surface area (Å²) in [5, 5.41) is 6.97. The van der Waals surface area contributed by atoms with E-state index in [1.165, 1.54) is 5.56 Å². The van der Waals surface area contributed by atoms with Crippen LogP contribution < -0.4 is 5.32 Å². The summed E-state index contributed by atoms with van der Waals surface area (Å²) >= 11 is 9.41. The molecular weight excluding hydrogens is 370 g/mol. The van der Waals surface area contributed by atoms with Gasteiger partial charge in [0, 0.05) is 16.9 Å². The van der Waals surface area contributed by atoms with E-state index in [0.29, 0.717) is 6.42 Å². The molecule has 2 nitrogen and oxygen atoms in total. The monoisotopic (exact) mass is 391 g/mol. The first-order valence-electron chi connectivity index (χ1n) is 8.58. The highest BCUT2D eigenvalue weighted by atomic mass is 35.5. The van der Waals surface area contributed by atoms with Gasteiger partial charge in [0.15, 0.2) is 5.78 Å². The van der Waals surface area contributed by atoms with Crippen molar-refractivity contribution in [2.45, 2.75) is 37.9 Å². The van der Waals surface area contributed by atoms with Crippen molar-refractivity contribution in [3.05, 3.63) is 61.8 Å². The predicted octanol–water partition coefficient (Wildman–Crippen LogP) is 5.56. The Bertz CT molecular complexity index is 796. The number of allylic oxidation sites excluding steroid dienone is 1. The molecule has 0 saturated heterocycles. The van der Waals surface area contributed by atoms with Crippen LogP contribution in [0.1, 0.15) is 35.8 Å². The minimum atomic E-state index is -0.0861. The molecule has 132 valence electrons. The highest BCUT2D eigenvalue weighted by molar-refractivity contribution is 8.05. The van der Waals surface area contributed by atoms with Crippen LogP contribution in [0.2, 0.25) is 5.02 Å². The number of rotatable bonds is 7. The number of benzene rings is 1. The highest BCUT2D eigenvalue weighted by Gasteiger charge is 2.36. The topological polar surface area (TPSA) is 29.1 Å². The molecule has 1 unspecified atom stereocenters. The van der Waals surface area contributed by atoms with Crippen molar-refractivity contribution >= 4 is 46.1 Å². The molecule has 5 heteroatoms. The number of hydrogen-bond acceptors (Lipinski definition) is 4. The van der Waals surface area contributed by atoms with Gasteiger partial charge in [0.05, 0.1) is 15.9 Å². The van der Waals surface area contributed by atoms with Crippen molar-refractivity contribution in [3.8, 4) is 0 Å². The van der Waals surface area contributed by atoms with Crippen LogP contribution in [0.5, 0.6) is 0 Å². The molecule has 0 radical (unpaired) electrons. The maximum Gasteiger partial charge on any atom is 0.180 e. The number of thioether (sulfide) groups is 1. The Morgan fingerprint density at radius 1 is 1.28 bits per heavy atom. The summed E-state index contributed by atoms with van der Waals surface area (Å²) in [6.45, 7) is 2.20. The average Bonchev–Trinajstić information content (AvgIpc) is 3.17. The van der Waals surface area contributed by atoms with Gasteiger partial charge in [0.25, 0.3) is 0 Å². The quantitative estimate of drug-likeness (QED) is 0.669. The Hall–Kier alpha value is -1.23. The Kier molecular flexibility index (Phi) is 6.26. The van der Waals surface area contributed by atoms with Crippen LogP contribution in [-0.4, -0.2) is 18.1 Å². The van der Waals surface area contributed by atoms with Crippen LogP contribution in [0, 0.1) is 0 Å². The van der Waals surface area contributed by atoms with E-state index < -0.39 is 0 Å². The number of aryl methyl sites for hydroxylation is 1. The molecule has 0 bridgehead atoms. The molecule has 0 saturated carbocycles. The first-order chi connectivity index (χ1) is 12.1. The fraction of sp³-hybridized carbons (Fsp3) is 0.350. The predicted molar refractivity (Wildman–Crippen MR) is 110 cm³/mol. The van der Waals surface area contributed by atoms with E-state index in [9.17, 15) is 4.79 Å². The zero-order valence-electron chi connectivity index (χ0n) is 14.5. The Morgan fingerprint density at radius 3 is 2.84 bits per heavy atom. The van der Waals surface area contributed by atoms with E-state index in [1.807, 2.05) is 31.3 Å². The van der Waals surface area contributed by atoms with E-state index >= 15 is 0 Å². The summed E-state index contributed by atoms with van der Waals surface area (Å²) < 4.78 is 0. The van der Waals surface area contributed by atoms with Gasteiger partial charge < -0.3 is 5.32 Å². The Morgan fingerprint density at radius 2 is 2.12 bits per heavy atom. The molecule has 1 atom stereocenters. The lowest BCUT2D eigenvalue weighted by molar-refractivity contribution is -0.113. The molecule has 25 heavy (non-hydrogen) atoms. The van der Waals surface area contributed by atoms with Gasteiger partial charge in [-0.25, -0.2) is 0 Å². The van der Waals surface area contributed by atoms with Crippen LogP contribution in [0.3, 0.4) is 0 Å². The number of carbonyl (C=O) groups excluding carboxylic acids is 1. The SMILES string of the molecule is CCCCc1ccsc1C1=C(NC)SC(Cc2cccc(Cl)c2)C1=O. The lowest BCUT2D eigenvalue weighted by Gasteiger charge is -2.09. The van der Waals surface area contributed by atoms with Gasteiger partial charge in [-0.3, -0.25) is 4.79 Å². The number of hydrogen-bond donors (Lipinski definition) is 1. The van der Waals surface area contributed by atoms with Gasteiger partial charge >= 0.3 is 0 Å². The van der Waals surface area contributed by atoms with Crippen molar-refractivity contribution < 1.29 is 4.79 Å². The largest absolute Gasteiger partial charge is 0.382 e. The van der Waals surface area contributed by atoms with Crippen LogP contribution in [0.25, 0.3) is 5.57 Å². The maximum atomic E-state index is 13.1. The minimum Gasteiger partial charge on any atom is -0.382 e. The smallest absolute Gasteiger partial charge is 0.180 e. The molecule has 1 aromatic heterocycles. The van der Waals surface area contributed by atoms with E-state index in [4.69, 9.17) is 11.6 Å². The third kappa shape index (κ3) is 4.13. The molecule has 1 aliphatic rings. The van der Waals surface area contributed by atoms with E-state index in [1.54, 1.807) is 23.1 Å². The fourth-order valence-corrected chi connectivity index (χ4v) is 5.57. The standard InChI is InChI=1S/C20H22ClNOS2/c1-3-4-7-14-9-10-24-19(14)17-18(23)16(25-20(17)22-2)12-13-6-5-8-15(21)11-13/h5-6,8-11,16,22H,3-4,7,12H2,1-2H3. The third-order valence-corrected chi connectivity index (χ3v) is 6.86. The number of ketones is 1. The van der Waals surface area contributed by atoms with E-state index in [-0.39, 0.29) is 11.0 Å². The van der Waals surface area contributed by atoms with Crippen molar-refractivity contribution in [2.75, 3.05) is 7.05 Å². The Balaban J connectivity index is 1.84. The third-order valence-electron chi connectivity index (χ3n) is 4.34. The molecule has 0 aliphatic carbocycles. The second-order valence-electron chi connectivity index (χ2n) is 6.14. The summed E-state index contributed by atoms with van der Waals surface area (Å²) in [7, 11) is 1.90. The highest BCUT2D eigenvalue weighted by Crippen LogP contribution is 2.43. The Labute approximate surface area is 162 Å². The lowest BCUT2D eigenvalue weighted by atomic mass is 9.99. The molecule has 1 aromatic carbocycles. The second-order valence-corrected chi connectivity index (χ2v) is 8.70. The first-order valence-corrected chi connectivity index (χ1v) is 10.7. The van der Waals surface area contributed by atoms with Crippen molar-refractivity contribution in [1.82, 2.24) is 5.32 Å². The molecule has 2 aromatic rings. The molecule has 1 aliphatic heterocycles. The van der Waals surface area contributed by atoms with Gasteiger partial charge in [0.1, 0.15) is 0 Å². The van der Waals surface area contributed by atoms with Crippen LogP contribution in [0.15, 0.2) is 40.7 Å². The van der Waals surface area contributed by atoms with Gasteiger partial charge in [-0.2, -0.15) is 0 Å². The summed E-state index contributed by atoms with van der Waals surface area (Å²) in [6, 6.07) is 9.96. The van der Waals surface area contributed by atoms with Crippen LogP contribution in [0.4, 0.5) is 0 Å². The van der Waals surface area contributed by atoms with Crippen LogP contribution >= 0.6 is 34.7 Å². The second kappa shape index (κ2) is 8.43. The summed E-state index contributed by atoms with van der Waals surface area (Å²) in [4.78, 5) is 14.3. The lowest BCUT2D eigenvalue weighted by Crippen LogP contribution is -2.16. The molecule has 0 fully saturated rings. The molecule has 0 amide bonds. The number of unbranched alkanes of at least 4 members (excludes halogenated alkanes) is 1. The summed E-state index contributed by atoms with van der Waals surface area (Å²) in [5.41, 5.74) is 3.28. The van der Waals surface area contributed by atoms with Gasteiger partial charge in [-0.05, 0) is 54.0 Å². The number of halogens is 1. The summed E-state index contributed by atoms with van der Waals surface area (Å²) in [5.74, 6) is 0.231. The van der Waals surface area contributed by atoms with Crippen molar-refractivity contribution in [2.24, 2.45) is 0 Å². The molecule has 2 heterocycles. The number of nitrogens with one attached hydrogen (secondary N) is 1. The molecule has 3 rings (SSSR count). The maximum absolute atomic E-state index is 13.1. The number of thiophene rings is 1. The van der Waals surface area contributed by atoms with Crippen molar-refractivity contribution in [3.63, 3.8) is 0 Å². The average molecular weight is 392 g/mol. The number of Topliss-reactive ketones (excluding diaryl/α,β-unsaturated/α-hetero) is 1. The van der Waals surface area contributed by atoms with Crippen LogP contribution in [-0.2, 0) is 17.6 Å². The van der Waals surface area contributed by atoms with E-state index in [0.717, 1.165) is 45.3 Å². The van der Waals surface area contributed by atoms with Crippen molar-refractivity contribution in [1.29, 1.82) is 0 Å². The normalized spacial score (nSPS) is 17.4. The molecule has 1 N–H and O–H groups in total. The first kappa shape index (κ1) is 18.6. The van der Waals surface area contributed by atoms with Gasteiger partial charge in [-0.1, -0.05) is 48.8 Å². The van der Waals surface area contributed by atoms with E-state index in [2.05, 4.69) is 23.7 Å². The minimum absolute atomic E-state index is 0.0861. The zero-order chi connectivity index (χ0) is 17.8.